The predicted molar refractivity (Wildman–Crippen MR) is 159 cm³/mol. The summed E-state index contributed by atoms with van der Waals surface area (Å²) in [6, 6.07) is 0. The second-order valence-electron chi connectivity index (χ2n) is 14.9. The molecule has 2 heterocycles. The van der Waals surface area contributed by atoms with Gasteiger partial charge >= 0.3 is 0 Å². The van der Waals surface area contributed by atoms with Crippen molar-refractivity contribution in [1.29, 1.82) is 0 Å². The zero-order valence-electron chi connectivity index (χ0n) is 24.6. The van der Waals surface area contributed by atoms with Gasteiger partial charge in [0.05, 0.1) is 11.0 Å². The molecule has 0 aromatic heterocycles. The summed E-state index contributed by atoms with van der Waals surface area (Å²) in [5.74, 6) is -0.783. The Morgan fingerprint density at radius 3 is 1.56 bits per heavy atom. The van der Waals surface area contributed by atoms with Crippen LogP contribution >= 0.6 is 22.6 Å². The highest BCUT2D eigenvalue weighted by atomic mass is 127. The van der Waals surface area contributed by atoms with Crippen molar-refractivity contribution in [2.45, 2.75) is 147 Å². The first-order valence-corrected chi connectivity index (χ1v) is 23.1. The molecular weight excluding hydrogens is 591 g/mol. The van der Waals surface area contributed by atoms with E-state index in [1.54, 1.807) is 0 Å². The summed E-state index contributed by atoms with van der Waals surface area (Å²) in [5.41, 5.74) is 0. The minimum absolute atomic E-state index is 0.0909. The number of halogens is 1. The Morgan fingerprint density at radius 1 is 0.706 bits per heavy atom. The maximum atomic E-state index is 7.11. The molecule has 0 radical (unpaired) electrons. The van der Waals surface area contributed by atoms with Crippen LogP contribution in [0.3, 0.4) is 0 Å². The van der Waals surface area contributed by atoms with Gasteiger partial charge in [0.1, 0.15) is 24.4 Å². The molecule has 5 nitrogen and oxygen atoms in total. The molecule has 0 amide bonds. The number of hydrogen-bond donors (Lipinski definition) is 0. The Hall–Kier alpha value is 1.18. The largest absolute Gasteiger partial charge is 0.414 e. The Morgan fingerprint density at radius 2 is 1.15 bits per heavy atom. The van der Waals surface area contributed by atoms with Crippen LogP contribution in [-0.4, -0.2) is 66.2 Å². The normalized spacial score (nSPS) is 31.4. The molecule has 2 saturated heterocycles. The van der Waals surface area contributed by atoms with E-state index in [1.165, 1.54) is 0 Å². The molecule has 0 N–H and O–H groups in total. The lowest BCUT2D eigenvalue weighted by Gasteiger charge is -2.48. The lowest BCUT2D eigenvalue weighted by molar-refractivity contribution is -0.200. The van der Waals surface area contributed by atoms with Gasteiger partial charge in [-0.1, -0.05) is 84.9 Å². The fourth-order valence-electron chi connectivity index (χ4n) is 3.56. The molecule has 0 saturated carbocycles. The van der Waals surface area contributed by atoms with E-state index in [1.807, 2.05) is 0 Å². The van der Waals surface area contributed by atoms with E-state index in [0.29, 0.717) is 11.0 Å². The minimum atomic E-state index is -2.08. The fourth-order valence-corrected chi connectivity index (χ4v) is 7.97. The van der Waals surface area contributed by atoms with E-state index in [2.05, 4.69) is 124 Å². The molecule has 2 aliphatic heterocycles. The zero-order chi connectivity index (χ0) is 26.8. The van der Waals surface area contributed by atoms with E-state index < -0.39 is 30.7 Å². The third-order valence-corrected chi connectivity index (χ3v) is 23.7. The lowest BCUT2D eigenvalue weighted by Crippen LogP contribution is -2.62. The summed E-state index contributed by atoms with van der Waals surface area (Å²) in [6.45, 7) is 34.9. The van der Waals surface area contributed by atoms with Crippen molar-refractivity contribution in [2.75, 3.05) is 11.0 Å². The van der Waals surface area contributed by atoms with Gasteiger partial charge in [-0.2, -0.15) is 0 Å². The highest BCUT2D eigenvalue weighted by Gasteiger charge is 2.68. The molecule has 5 atom stereocenters. The van der Waals surface area contributed by atoms with Crippen molar-refractivity contribution in [3.8, 4) is 0 Å². The van der Waals surface area contributed by atoms with Gasteiger partial charge < -0.3 is 22.8 Å². The van der Waals surface area contributed by atoms with Crippen LogP contribution in [0.2, 0.25) is 54.4 Å². The van der Waals surface area contributed by atoms with Crippen LogP contribution in [0.5, 0.6) is 0 Å². The summed E-state index contributed by atoms with van der Waals surface area (Å²) in [4.78, 5) is 0. The van der Waals surface area contributed by atoms with Gasteiger partial charge in [0.25, 0.3) is 0 Å². The molecular formula is C25H53IO5Si3. The van der Waals surface area contributed by atoms with E-state index >= 15 is 0 Å². The van der Waals surface area contributed by atoms with Crippen molar-refractivity contribution in [2.24, 2.45) is 0 Å². The number of fused-ring (bicyclic) bond motifs is 2. The molecule has 34 heavy (non-hydrogen) atoms. The Bertz CT molecular complexity index is 720. The van der Waals surface area contributed by atoms with Gasteiger partial charge in [0.2, 0.25) is 5.79 Å². The first-order chi connectivity index (χ1) is 14.9. The van der Waals surface area contributed by atoms with Gasteiger partial charge in [-0.3, -0.25) is 0 Å². The first kappa shape index (κ1) is 31.4. The zero-order valence-corrected chi connectivity index (χ0v) is 29.8. The molecule has 0 aromatic carbocycles. The van der Waals surface area contributed by atoms with Gasteiger partial charge in [0.15, 0.2) is 25.0 Å². The number of rotatable bonds is 8. The highest BCUT2D eigenvalue weighted by Crippen LogP contribution is 2.52. The first-order valence-electron chi connectivity index (χ1n) is 12.8. The van der Waals surface area contributed by atoms with Gasteiger partial charge in [-0.15, -0.1) is 0 Å². The van der Waals surface area contributed by atoms with E-state index in [0.717, 1.165) is 0 Å². The molecule has 2 bridgehead atoms. The molecule has 2 fully saturated rings. The number of ether oxygens (including phenoxy) is 2. The molecule has 0 spiro atoms. The van der Waals surface area contributed by atoms with Crippen LogP contribution in [0.4, 0.5) is 0 Å². The quantitative estimate of drug-likeness (QED) is 0.154. The SMILES string of the molecule is CC(C)(C)[Si](C)(C)OC[C@H]1OC2(CI)O[C@@H]1[C@H](O[Si](C)(C)C(C)(C)C)[C@H]2O[Si](C)(C)C(C)(C)C. The van der Waals surface area contributed by atoms with Gasteiger partial charge in [0, 0.05) is 0 Å². The second kappa shape index (κ2) is 9.73. The third kappa shape index (κ3) is 6.08. The van der Waals surface area contributed by atoms with Crippen molar-refractivity contribution in [3.63, 3.8) is 0 Å². The van der Waals surface area contributed by atoms with E-state index in [9.17, 15) is 0 Å². The van der Waals surface area contributed by atoms with Gasteiger partial charge in [-0.25, -0.2) is 0 Å². The number of alkyl halides is 1. The monoisotopic (exact) mass is 644 g/mol. The fraction of sp³-hybridized carbons (Fsp3) is 1.00. The topological polar surface area (TPSA) is 46.2 Å². The second-order valence-corrected chi connectivity index (χ2v) is 30.0. The molecule has 0 aromatic rings. The van der Waals surface area contributed by atoms with Crippen LogP contribution in [0.25, 0.3) is 0 Å². The predicted octanol–water partition coefficient (Wildman–Crippen LogP) is 7.72. The smallest absolute Gasteiger partial charge is 0.206 e. The van der Waals surface area contributed by atoms with Crippen molar-refractivity contribution < 1.29 is 22.8 Å². The summed E-state index contributed by atoms with van der Waals surface area (Å²) in [6.07, 6.45) is -0.693. The minimum Gasteiger partial charge on any atom is -0.414 e. The van der Waals surface area contributed by atoms with E-state index in [-0.39, 0.29) is 39.5 Å². The Balaban J connectivity index is 2.41. The van der Waals surface area contributed by atoms with Crippen LogP contribution in [0, 0.1) is 0 Å². The molecule has 0 aliphatic carbocycles. The lowest BCUT2D eigenvalue weighted by atomic mass is 9.99. The number of hydrogen-bond acceptors (Lipinski definition) is 5. The van der Waals surface area contributed by atoms with Crippen LogP contribution in [0.1, 0.15) is 62.3 Å². The maximum absolute atomic E-state index is 7.11. The molecule has 202 valence electrons. The van der Waals surface area contributed by atoms with Crippen LogP contribution in [0.15, 0.2) is 0 Å². The van der Waals surface area contributed by atoms with Crippen molar-refractivity contribution in [3.05, 3.63) is 0 Å². The molecule has 2 aliphatic rings. The Labute approximate surface area is 227 Å². The van der Waals surface area contributed by atoms with Crippen molar-refractivity contribution >= 4 is 47.5 Å². The third-order valence-electron chi connectivity index (χ3n) is 9.17. The molecule has 9 heteroatoms. The van der Waals surface area contributed by atoms with Crippen LogP contribution in [-0.2, 0) is 22.8 Å². The summed E-state index contributed by atoms with van der Waals surface area (Å²) in [5, 5.41) is 0.340. The Kier molecular flexibility index (Phi) is 8.99. The summed E-state index contributed by atoms with van der Waals surface area (Å²) >= 11 is 2.40. The van der Waals surface area contributed by atoms with Gasteiger partial charge in [-0.05, 0) is 54.4 Å². The van der Waals surface area contributed by atoms with Crippen molar-refractivity contribution in [1.82, 2.24) is 0 Å². The average Bonchev–Trinajstić information content (AvgIpc) is 3.12. The average molecular weight is 645 g/mol. The molecule has 1 unspecified atom stereocenters. The molecule has 2 rings (SSSR count). The standard InChI is InChI=1S/C25H53IO5Si3/c1-22(2,3)32(10,11)27-16-18-19-20(30-33(12,13)23(4,5)6)21(25(17-26,28-18)29-19)31-34(14,15)24(7,8)9/h18-21H,16-17H2,1-15H3/t18-,19+,20+,21-,25?/m1/s1. The van der Waals surface area contributed by atoms with E-state index in [4.69, 9.17) is 22.8 Å². The highest BCUT2D eigenvalue weighted by molar-refractivity contribution is 14.1. The summed E-state index contributed by atoms with van der Waals surface area (Å²) in [7, 11) is -6.06. The van der Waals surface area contributed by atoms with Crippen LogP contribution < -0.4 is 0 Å². The summed E-state index contributed by atoms with van der Waals surface area (Å²) < 4.78 is 34.9. The maximum Gasteiger partial charge on any atom is 0.206 e.